The fourth-order valence-corrected chi connectivity index (χ4v) is 2.83. The van der Waals surface area contributed by atoms with Gasteiger partial charge in [0, 0.05) is 11.1 Å². The van der Waals surface area contributed by atoms with Gasteiger partial charge in [-0.1, -0.05) is 0 Å². The van der Waals surface area contributed by atoms with E-state index in [-0.39, 0.29) is 0 Å². The number of rotatable bonds is 1. The summed E-state index contributed by atoms with van der Waals surface area (Å²) in [6.45, 7) is 3.70. The molecule has 3 rings (SSSR count). The summed E-state index contributed by atoms with van der Waals surface area (Å²) < 4.78 is 11.6. The van der Waals surface area contributed by atoms with E-state index >= 15 is 0 Å². The van der Waals surface area contributed by atoms with Gasteiger partial charge in [-0.3, -0.25) is 5.84 Å². The van der Waals surface area contributed by atoms with Crippen LogP contribution in [-0.4, -0.2) is 13.2 Å². The average Bonchev–Trinajstić information content (AvgIpc) is 2.40. The predicted molar refractivity (Wildman–Crippen MR) is 66.6 cm³/mol. The second-order valence-electron chi connectivity index (χ2n) is 4.66. The van der Waals surface area contributed by atoms with Crippen molar-refractivity contribution in [1.29, 1.82) is 0 Å². The van der Waals surface area contributed by atoms with Crippen LogP contribution in [0.4, 0.5) is 5.69 Å². The van der Waals surface area contributed by atoms with E-state index in [1.165, 1.54) is 16.7 Å². The lowest BCUT2D eigenvalue weighted by Gasteiger charge is -2.29. The number of ether oxygens (including phenoxy) is 2. The van der Waals surface area contributed by atoms with Gasteiger partial charge < -0.3 is 14.9 Å². The van der Waals surface area contributed by atoms with Gasteiger partial charge in [0.15, 0.2) is 0 Å². The lowest BCUT2D eigenvalue weighted by molar-refractivity contribution is 0.272. The summed E-state index contributed by atoms with van der Waals surface area (Å²) in [7, 11) is 0. The number of anilines is 1. The monoisotopic (exact) mass is 234 g/mol. The zero-order valence-corrected chi connectivity index (χ0v) is 10.1. The Morgan fingerprint density at radius 1 is 1.00 bits per heavy atom. The van der Waals surface area contributed by atoms with Crippen LogP contribution in [0.3, 0.4) is 0 Å². The van der Waals surface area contributed by atoms with Crippen LogP contribution in [0.5, 0.6) is 11.5 Å². The van der Waals surface area contributed by atoms with Crippen LogP contribution in [0.1, 0.15) is 29.5 Å². The van der Waals surface area contributed by atoms with Crippen molar-refractivity contribution in [3.63, 3.8) is 0 Å². The number of nitrogen functional groups attached to an aromatic ring is 1. The molecular weight excluding hydrogens is 216 g/mol. The zero-order valence-electron chi connectivity index (χ0n) is 10.1. The van der Waals surface area contributed by atoms with Crippen LogP contribution in [0, 0.1) is 6.92 Å². The standard InChI is InChI=1S/C13H18N2O2/c1-8-9-4-2-7-17-13(9)11(15-14)10-5-3-6-16-12(8)10/h15H,2-7,14H2,1H3. The molecule has 0 atom stereocenters. The van der Waals surface area contributed by atoms with Gasteiger partial charge in [0.05, 0.1) is 18.9 Å². The second-order valence-corrected chi connectivity index (χ2v) is 4.66. The maximum absolute atomic E-state index is 5.81. The van der Waals surface area contributed by atoms with Crippen molar-refractivity contribution in [3.05, 3.63) is 16.7 Å². The minimum Gasteiger partial charge on any atom is -0.493 e. The first-order valence-electron chi connectivity index (χ1n) is 6.23. The molecule has 2 aliphatic rings. The van der Waals surface area contributed by atoms with E-state index in [9.17, 15) is 0 Å². The van der Waals surface area contributed by atoms with E-state index in [1.54, 1.807) is 0 Å². The number of hydrogen-bond acceptors (Lipinski definition) is 4. The minimum absolute atomic E-state index is 0.779. The third kappa shape index (κ3) is 1.55. The zero-order chi connectivity index (χ0) is 11.8. The van der Waals surface area contributed by atoms with Crippen molar-refractivity contribution < 1.29 is 9.47 Å². The maximum atomic E-state index is 5.81. The summed E-state index contributed by atoms with van der Waals surface area (Å²) in [5.74, 6) is 7.63. The van der Waals surface area contributed by atoms with Crippen LogP contribution >= 0.6 is 0 Å². The molecule has 17 heavy (non-hydrogen) atoms. The Balaban J connectivity index is 2.25. The molecule has 4 heteroatoms. The number of fused-ring (bicyclic) bond motifs is 2. The van der Waals surface area contributed by atoms with Gasteiger partial charge in [0.25, 0.3) is 0 Å². The number of benzene rings is 1. The van der Waals surface area contributed by atoms with E-state index in [4.69, 9.17) is 15.3 Å². The van der Waals surface area contributed by atoms with Crippen LogP contribution in [0.15, 0.2) is 0 Å². The molecule has 3 N–H and O–H groups in total. The summed E-state index contributed by atoms with van der Waals surface area (Å²) >= 11 is 0. The Morgan fingerprint density at radius 3 is 2.35 bits per heavy atom. The lowest BCUT2D eigenvalue weighted by Crippen LogP contribution is -2.21. The van der Waals surface area contributed by atoms with Crippen LogP contribution in [0.2, 0.25) is 0 Å². The van der Waals surface area contributed by atoms with E-state index in [0.29, 0.717) is 0 Å². The molecular formula is C13H18N2O2. The average molecular weight is 234 g/mol. The Kier molecular flexibility index (Phi) is 2.59. The van der Waals surface area contributed by atoms with Crippen molar-refractivity contribution in [2.45, 2.75) is 32.6 Å². The summed E-state index contributed by atoms with van der Waals surface area (Å²) in [6, 6.07) is 0. The maximum Gasteiger partial charge on any atom is 0.147 e. The summed E-state index contributed by atoms with van der Waals surface area (Å²) in [5, 5.41) is 0. The van der Waals surface area contributed by atoms with E-state index in [0.717, 1.165) is 56.1 Å². The first kappa shape index (κ1) is 10.7. The first-order chi connectivity index (χ1) is 8.33. The van der Waals surface area contributed by atoms with E-state index < -0.39 is 0 Å². The van der Waals surface area contributed by atoms with Crippen molar-refractivity contribution >= 4 is 5.69 Å². The molecule has 2 aliphatic heterocycles. The van der Waals surface area contributed by atoms with E-state index in [2.05, 4.69) is 12.3 Å². The molecule has 0 spiro atoms. The highest BCUT2D eigenvalue weighted by atomic mass is 16.5. The van der Waals surface area contributed by atoms with Gasteiger partial charge in [0.2, 0.25) is 0 Å². The molecule has 0 saturated heterocycles. The molecule has 92 valence electrons. The first-order valence-corrected chi connectivity index (χ1v) is 6.23. The number of nitrogens with one attached hydrogen (secondary N) is 1. The highest BCUT2D eigenvalue weighted by Gasteiger charge is 2.26. The van der Waals surface area contributed by atoms with Gasteiger partial charge in [0.1, 0.15) is 11.5 Å². The summed E-state index contributed by atoms with van der Waals surface area (Å²) in [5.41, 5.74) is 7.40. The molecule has 0 unspecified atom stereocenters. The van der Waals surface area contributed by atoms with Crippen LogP contribution in [0.25, 0.3) is 0 Å². The molecule has 1 aromatic rings. The molecule has 0 saturated carbocycles. The Hall–Kier alpha value is -1.42. The van der Waals surface area contributed by atoms with Crippen molar-refractivity contribution in [2.75, 3.05) is 18.6 Å². The third-order valence-corrected chi connectivity index (χ3v) is 3.65. The number of hydrogen-bond donors (Lipinski definition) is 2. The Labute approximate surface area is 101 Å². The lowest BCUT2D eigenvalue weighted by atomic mass is 9.92. The number of nitrogens with two attached hydrogens (primary N) is 1. The normalized spacial score (nSPS) is 17.5. The van der Waals surface area contributed by atoms with Gasteiger partial charge in [-0.25, -0.2) is 0 Å². The second kappa shape index (κ2) is 4.11. The van der Waals surface area contributed by atoms with Crippen molar-refractivity contribution in [3.8, 4) is 11.5 Å². The molecule has 0 fully saturated rings. The molecule has 4 nitrogen and oxygen atoms in total. The van der Waals surface area contributed by atoms with Crippen LogP contribution in [-0.2, 0) is 12.8 Å². The fourth-order valence-electron chi connectivity index (χ4n) is 2.83. The fraction of sp³-hybridized carbons (Fsp3) is 0.538. The largest absolute Gasteiger partial charge is 0.493 e. The molecule has 0 bridgehead atoms. The highest BCUT2D eigenvalue weighted by molar-refractivity contribution is 5.72. The predicted octanol–water partition coefficient (Wildman–Crippen LogP) is 1.93. The Bertz CT molecular complexity index is 420. The smallest absolute Gasteiger partial charge is 0.147 e. The highest BCUT2D eigenvalue weighted by Crippen LogP contribution is 2.45. The molecule has 0 aliphatic carbocycles. The number of hydrazine groups is 1. The molecule has 2 heterocycles. The molecule has 0 radical (unpaired) electrons. The van der Waals surface area contributed by atoms with Crippen molar-refractivity contribution in [1.82, 2.24) is 0 Å². The van der Waals surface area contributed by atoms with Gasteiger partial charge in [-0.2, -0.15) is 0 Å². The Morgan fingerprint density at radius 2 is 1.65 bits per heavy atom. The van der Waals surface area contributed by atoms with E-state index in [1.807, 2.05) is 0 Å². The summed E-state index contributed by atoms with van der Waals surface area (Å²) in [4.78, 5) is 0. The van der Waals surface area contributed by atoms with Gasteiger partial charge in [-0.15, -0.1) is 0 Å². The molecule has 0 amide bonds. The quantitative estimate of drug-likeness (QED) is 0.576. The topological polar surface area (TPSA) is 56.5 Å². The van der Waals surface area contributed by atoms with Crippen LogP contribution < -0.4 is 20.7 Å². The SMILES string of the molecule is Cc1c2c(c(NN)c3c1OCCC3)OCCC2. The minimum atomic E-state index is 0.779. The molecule has 0 aromatic heterocycles. The molecule has 1 aromatic carbocycles. The van der Waals surface area contributed by atoms with Gasteiger partial charge in [-0.05, 0) is 38.2 Å². The third-order valence-electron chi connectivity index (χ3n) is 3.65. The van der Waals surface area contributed by atoms with Crippen molar-refractivity contribution in [2.24, 2.45) is 5.84 Å². The summed E-state index contributed by atoms with van der Waals surface area (Å²) in [6.07, 6.45) is 4.16. The van der Waals surface area contributed by atoms with Gasteiger partial charge >= 0.3 is 0 Å².